The largest absolute Gasteiger partial charge is 0.490 e. The molecule has 1 saturated heterocycles. The molecule has 0 unspecified atom stereocenters. The fourth-order valence-corrected chi connectivity index (χ4v) is 4.56. The Labute approximate surface area is 178 Å². The van der Waals surface area contributed by atoms with E-state index in [0.29, 0.717) is 5.56 Å². The molecule has 2 aromatic carbocycles. The molecule has 0 saturated carbocycles. The number of hydrogen-bond acceptors (Lipinski definition) is 6. The number of nitro benzene ring substituents is 1. The van der Waals surface area contributed by atoms with Gasteiger partial charge in [0, 0.05) is 38.3 Å². The van der Waals surface area contributed by atoms with Crippen LogP contribution in [0, 0.1) is 15.9 Å². The number of nitrogens with zero attached hydrogens (tertiary/aromatic N) is 3. The van der Waals surface area contributed by atoms with Crippen molar-refractivity contribution in [2.75, 3.05) is 33.3 Å². The summed E-state index contributed by atoms with van der Waals surface area (Å²) in [6.45, 7) is 0.449. The predicted molar refractivity (Wildman–Crippen MR) is 110 cm³/mol. The van der Waals surface area contributed by atoms with Gasteiger partial charge in [0.15, 0.2) is 5.75 Å². The lowest BCUT2D eigenvalue weighted by Gasteiger charge is -2.33. The third-order valence-corrected chi connectivity index (χ3v) is 6.72. The third kappa shape index (κ3) is 5.06. The van der Waals surface area contributed by atoms with Crippen molar-refractivity contribution in [1.29, 1.82) is 0 Å². The Morgan fingerprint density at radius 2 is 1.77 bits per heavy atom. The van der Waals surface area contributed by atoms with Crippen LogP contribution in [0.1, 0.15) is 5.56 Å². The summed E-state index contributed by atoms with van der Waals surface area (Å²) in [5.74, 6) is -0.697. The quantitative estimate of drug-likeness (QED) is 0.380. The van der Waals surface area contributed by atoms with Crippen molar-refractivity contribution in [2.24, 2.45) is 0 Å². The van der Waals surface area contributed by atoms with Crippen LogP contribution in [0.4, 0.5) is 10.1 Å². The maximum atomic E-state index is 12.9. The first kappa shape index (κ1) is 22.4. The summed E-state index contributed by atoms with van der Waals surface area (Å²) in [6, 6.07) is 9.12. The fraction of sp³-hybridized carbons (Fsp3) is 0.250. The van der Waals surface area contributed by atoms with Gasteiger partial charge in [0.2, 0.25) is 15.9 Å². The number of halogens is 1. The minimum atomic E-state index is -3.97. The average Bonchev–Trinajstić information content (AvgIpc) is 2.78. The Bertz CT molecular complexity index is 1110. The van der Waals surface area contributed by atoms with Gasteiger partial charge in [0.25, 0.3) is 0 Å². The van der Waals surface area contributed by atoms with Gasteiger partial charge < -0.3 is 9.64 Å². The summed E-state index contributed by atoms with van der Waals surface area (Å²) in [5.41, 5.74) is 0.223. The normalized spacial score (nSPS) is 15.2. The van der Waals surface area contributed by atoms with E-state index in [1.165, 1.54) is 58.8 Å². The Morgan fingerprint density at radius 3 is 2.35 bits per heavy atom. The monoisotopic (exact) mass is 449 g/mol. The fourth-order valence-electron chi connectivity index (χ4n) is 3.12. The summed E-state index contributed by atoms with van der Waals surface area (Å²) in [4.78, 5) is 24.1. The molecule has 0 N–H and O–H groups in total. The number of nitro groups is 1. The van der Waals surface area contributed by atoms with E-state index in [-0.39, 0.29) is 48.5 Å². The lowest BCUT2D eigenvalue weighted by Crippen LogP contribution is -2.50. The number of carbonyl (C=O) groups excluding carboxylic acids is 1. The maximum absolute atomic E-state index is 12.9. The molecule has 1 aliphatic rings. The molecule has 1 amide bonds. The van der Waals surface area contributed by atoms with Crippen molar-refractivity contribution in [2.45, 2.75) is 4.90 Å². The smallest absolute Gasteiger partial charge is 0.312 e. The van der Waals surface area contributed by atoms with Gasteiger partial charge in [-0.15, -0.1) is 0 Å². The highest BCUT2D eigenvalue weighted by atomic mass is 32.2. The van der Waals surface area contributed by atoms with Gasteiger partial charge >= 0.3 is 5.69 Å². The SMILES string of the molecule is COc1ccc(S(=O)(=O)N2CCN(C(=O)/C=C/c3ccc(F)cc3)CC2)cc1[N+](=O)[O-]. The van der Waals surface area contributed by atoms with Crippen molar-refractivity contribution in [3.63, 3.8) is 0 Å². The first-order chi connectivity index (χ1) is 14.7. The van der Waals surface area contributed by atoms with E-state index in [4.69, 9.17) is 4.74 Å². The Hall–Kier alpha value is -3.31. The van der Waals surface area contributed by atoms with Gasteiger partial charge in [-0.3, -0.25) is 14.9 Å². The zero-order valence-corrected chi connectivity index (χ0v) is 17.4. The third-order valence-electron chi connectivity index (χ3n) is 4.82. The van der Waals surface area contributed by atoms with Crippen molar-refractivity contribution in [3.8, 4) is 5.75 Å². The molecule has 2 aromatic rings. The van der Waals surface area contributed by atoms with Crippen LogP contribution in [0.5, 0.6) is 5.75 Å². The molecule has 0 aromatic heterocycles. The van der Waals surface area contributed by atoms with Gasteiger partial charge in [-0.1, -0.05) is 12.1 Å². The molecule has 11 heteroatoms. The molecule has 9 nitrogen and oxygen atoms in total. The number of piperazine rings is 1. The Kier molecular flexibility index (Phi) is 6.66. The van der Waals surface area contributed by atoms with Gasteiger partial charge in [0.1, 0.15) is 5.82 Å². The van der Waals surface area contributed by atoms with Crippen LogP contribution in [0.15, 0.2) is 53.4 Å². The first-order valence-electron chi connectivity index (χ1n) is 9.27. The standard InChI is InChI=1S/C20H20FN3O6S/c1-30-19-8-7-17(14-18(19)24(26)27)31(28,29)23-12-10-22(11-13-23)20(25)9-4-15-2-5-16(21)6-3-15/h2-9,14H,10-13H2,1H3/b9-4+. The molecule has 1 aliphatic heterocycles. The Balaban J connectivity index is 1.67. The number of rotatable bonds is 6. The molecule has 0 atom stereocenters. The molecule has 0 radical (unpaired) electrons. The zero-order chi connectivity index (χ0) is 22.6. The van der Waals surface area contributed by atoms with Crippen LogP contribution in [-0.2, 0) is 14.8 Å². The summed E-state index contributed by atoms with van der Waals surface area (Å²) in [6.07, 6.45) is 2.91. The van der Waals surface area contributed by atoms with Crippen molar-refractivity contribution in [1.82, 2.24) is 9.21 Å². The topological polar surface area (TPSA) is 110 Å². The molecule has 31 heavy (non-hydrogen) atoms. The van der Waals surface area contributed by atoms with E-state index in [0.717, 1.165) is 6.07 Å². The molecule has 0 spiro atoms. The number of benzene rings is 2. The van der Waals surface area contributed by atoms with Gasteiger partial charge in [0.05, 0.1) is 16.9 Å². The van der Waals surface area contributed by atoms with E-state index in [1.54, 1.807) is 6.08 Å². The van der Waals surface area contributed by atoms with Crippen molar-refractivity contribution in [3.05, 3.63) is 70.0 Å². The van der Waals surface area contributed by atoms with Crippen molar-refractivity contribution >= 4 is 27.7 Å². The molecule has 164 valence electrons. The molecule has 1 fully saturated rings. The minimum absolute atomic E-state index is 0.0349. The van der Waals surface area contributed by atoms with Gasteiger partial charge in [-0.25, -0.2) is 12.8 Å². The van der Waals surface area contributed by atoms with E-state index >= 15 is 0 Å². The minimum Gasteiger partial charge on any atom is -0.490 e. The second-order valence-corrected chi connectivity index (χ2v) is 8.64. The number of amides is 1. The molecule has 1 heterocycles. The zero-order valence-electron chi connectivity index (χ0n) is 16.6. The average molecular weight is 449 g/mol. The van der Waals surface area contributed by atoms with Gasteiger partial charge in [-0.05, 0) is 35.9 Å². The highest BCUT2D eigenvalue weighted by Crippen LogP contribution is 2.30. The van der Waals surface area contributed by atoms with Crippen LogP contribution in [0.25, 0.3) is 6.08 Å². The lowest BCUT2D eigenvalue weighted by atomic mass is 10.2. The summed E-state index contributed by atoms with van der Waals surface area (Å²) >= 11 is 0. The number of hydrogen-bond donors (Lipinski definition) is 0. The van der Waals surface area contributed by atoms with Crippen LogP contribution < -0.4 is 4.74 Å². The van der Waals surface area contributed by atoms with Crippen LogP contribution >= 0.6 is 0 Å². The van der Waals surface area contributed by atoms with Crippen LogP contribution in [0.3, 0.4) is 0 Å². The van der Waals surface area contributed by atoms with Crippen molar-refractivity contribution < 1.29 is 27.3 Å². The molecular weight excluding hydrogens is 429 g/mol. The second-order valence-electron chi connectivity index (χ2n) is 6.71. The lowest BCUT2D eigenvalue weighted by molar-refractivity contribution is -0.386. The molecule has 0 aliphatic carbocycles. The molecular formula is C20H20FN3O6S. The summed E-state index contributed by atoms with van der Waals surface area (Å²) in [5, 5.41) is 11.2. The van der Waals surface area contributed by atoms with E-state index in [2.05, 4.69) is 0 Å². The van der Waals surface area contributed by atoms with Crippen LogP contribution in [-0.4, -0.2) is 61.7 Å². The first-order valence-corrected chi connectivity index (χ1v) is 10.7. The molecule has 3 rings (SSSR count). The summed E-state index contributed by atoms with van der Waals surface area (Å²) < 4.78 is 44.8. The second kappa shape index (κ2) is 9.23. The summed E-state index contributed by atoms with van der Waals surface area (Å²) in [7, 11) is -2.71. The van der Waals surface area contributed by atoms with Gasteiger partial charge in [-0.2, -0.15) is 4.31 Å². The van der Waals surface area contributed by atoms with E-state index in [1.807, 2.05) is 0 Å². The Morgan fingerprint density at radius 1 is 1.13 bits per heavy atom. The molecule has 0 bridgehead atoms. The number of methoxy groups -OCH3 is 1. The van der Waals surface area contributed by atoms with Crippen LogP contribution in [0.2, 0.25) is 0 Å². The van der Waals surface area contributed by atoms with E-state index in [9.17, 15) is 27.7 Å². The number of sulfonamides is 1. The predicted octanol–water partition coefficient (Wildman–Crippen LogP) is 2.29. The van der Waals surface area contributed by atoms with E-state index < -0.39 is 20.6 Å². The highest BCUT2D eigenvalue weighted by molar-refractivity contribution is 7.89. The maximum Gasteiger partial charge on any atom is 0.312 e. The highest BCUT2D eigenvalue weighted by Gasteiger charge is 2.31. The number of carbonyl (C=O) groups is 1. The number of ether oxygens (including phenoxy) is 1.